The van der Waals surface area contributed by atoms with E-state index in [-0.39, 0.29) is 11.8 Å². The number of hydrogen-bond acceptors (Lipinski definition) is 5. The van der Waals surface area contributed by atoms with Crippen LogP contribution in [0.1, 0.15) is 12.8 Å². The Morgan fingerprint density at radius 3 is 2.05 bits per heavy atom. The number of hydrogen-bond donors (Lipinski definition) is 1. The lowest BCUT2D eigenvalue weighted by Crippen LogP contribution is -2.53. The number of nitrogens with zero attached hydrogens (tertiary/aromatic N) is 4. The van der Waals surface area contributed by atoms with E-state index < -0.39 is 0 Å². The number of carbonyl (C=O) groups is 2. The van der Waals surface area contributed by atoms with Gasteiger partial charge in [0.2, 0.25) is 11.8 Å². The highest BCUT2D eigenvalue weighted by molar-refractivity contribution is 5.79. The van der Waals surface area contributed by atoms with Crippen LogP contribution in [-0.4, -0.2) is 104 Å². The van der Waals surface area contributed by atoms with Gasteiger partial charge in [0, 0.05) is 59.4 Å². The molecular weight excluding hydrogens is 282 g/mol. The van der Waals surface area contributed by atoms with Crippen LogP contribution >= 0.6 is 0 Å². The highest BCUT2D eigenvalue weighted by Crippen LogP contribution is 2.09. The van der Waals surface area contributed by atoms with Crippen LogP contribution in [-0.2, 0) is 9.59 Å². The Morgan fingerprint density at radius 2 is 1.50 bits per heavy atom. The molecule has 7 heteroatoms. The SMILES string of the molecule is CN(C)C(=O)CN1CCN(C(=O)CN2CCC(N)CC2)CC1. The second-order valence-corrected chi connectivity index (χ2v) is 6.56. The number of amides is 2. The Balaban J connectivity index is 1.70. The van der Waals surface area contributed by atoms with Crippen molar-refractivity contribution in [2.24, 2.45) is 5.73 Å². The topological polar surface area (TPSA) is 73.1 Å². The van der Waals surface area contributed by atoms with Gasteiger partial charge in [-0.05, 0) is 12.8 Å². The van der Waals surface area contributed by atoms with E-state index in [9.17, 15) is 9.59 Å². The Morgan fingerprint density at radius 1 is 0.955 bits per heavy atom. The summed E-state index contributed by atoms with van der Waals surface area (Å²) in [5, 5.41) is 0. The van der Waals surface area contributed by atoms with Crippen LogP contribution in [0, 0.1) is 0 Å². The predicted molar refractivity (Wildman–Crippen MR) is 85.4 cm³/mol. The van der Waals surface area contributed by atoms with Gasteiger partial charge in [0.05, 0.1) is 13.1 Å². The molecule has 2 saturated heterocycles. The summed E-state index contributed by atoms with van der Waals surface area (Å²) in [6, 6.07) is 0.295. The zero-order valence-electron chi connectivity index (χ0n) is 13.8. The number of likely N-dealkylation sites (tertiary alicyclic amines) is 1. The Labute approximate surface area is 133 Å². The molecule has 0 atom stereocenters. The molecule has 0 radical (unpaired) electrons. The van der Waals surface area contributed by atoms with Crippen molar-refractivity contribution in [1.82, 2.24) is 19.6 Å². The number of nitrogens with two attached hydrogens (primary N) is 1. The fourth-order valence-electron chi connectivity index (χ4n) is 2.89. The van der Waals surface area contributed by atoms with Gasteiger partial charge >= 0.3 is 0 Å². The molecule has 126 valence electrons. The van der Waals surface area contributed by atoms with Gasteiger partial charge in [0.25, 0.3) is 0 Å². The molecule has 0 aliphatic carbocycles. The quantitative estimate of drug-likeness (QED) is 0.694. The second kappa shape index (κ2) is 7.89. The lowest BCUT2D eigenvalue weighted by atomic mass is 10.1. The van der Waals surface area contributed by atoms with Gasteiger partial charge in [-0.2, -0.15) is 0 Å². The van der Waals surface area contributed by atoms with E-state index in [4.69, 9.17) is 5.73 Å². The van der Waals surface area contributed by atoms with E-state index in [1.54, 1.807) is 19.0 Å². The maximum atomic E-state index is 12.3. The number of likely N-dealkylation sites (N-methyl/N-ethyl adjacent to an activating group) is 1. The zero-order chi connectivity index (χ0) is 16.1. The molecule has 22 heavy (non-hydrogen) atoms. The number of carbonyl (C=O) groups excluding carboxylic acids is 2. The molecular formula is C15H29N5O2. The van der Waals surface area contributed by atoms with Crippen LogP contribution in [0.25, 0.3) is 0 Å². The molecule has 0 unspecified atom stereocenters. The monoisotopic (exact) mass is 311 g/mol. The van der Waals surface area contributed by atoms with Gasteiger partial charge in [0.1, 0.15) is 0 Å². The third-order valence-electron chi connectivity index (χ3n) is 4.57. The van der Waals surface area contributed by atoms with Crippen LogP contribution in [0.15, 0.2) is 0 Å². The van der Waals surface area contributed by atoms with Crippen molar-refractivity contribution in [2.75, 3.05) is 66.5 Å². The van der Waals surface area contributed by atoms with Gasteiger partial charge in [-0.1, -0.05) is 0 Å². The van der Waals surface area contributed by atoms with Gasteiger partial charge in [-0.3, -0.25) is 19.4 Å². The van der Waals surface area contributed by atoms with E-state index in [0.717, 1.165) is 39.0 Å². The molecule has 2 aliphatic heterocycles. The van der Waals surface area contributed by atoms with Crippen molar-refractivity contribution < 1.29 is 9.59 Å². The van der Waals surface area contributed by atoms with Crippen molar-refractivity contribution in [1.29, 1.82) is 0 Å². The van der Waals surface area contributed by atoms with E-state index in [0.29, 0.717) is 32.2 Å². The molecule has 7 nitrogen and oxygen atoms in total. The van der Waals surface area contributed by atoms with E-state index in [2.05, 4.69) is 9.80 Å². The normalized spacial score (nSPS) is 21.9. The molecule has 2 rings (SSSR count). The molecule has 2 aliphatic rings. The first kappa shape index (κ1) is 17.2. The largest absolute Gasteiger partial charge is 0.348 e. The van der Waals surface area contributed by atoms with Crippen molar-refractivity contribution in [2.45, 2.75) is 18.9 Å². The van der Waals surface area contributed by atoms with Crippen LogP contribution in [0.4, 0.5) is 0 Å². The van der Waals surface area contributed by atoms with Crippen LogP contribution in [0.3, 0.4) is 0 Å². The average Bonchev–Trinajstić information content (AvgIpc) is 2.50. The molecule has 0 saturated carbocycles. The second-order valence-electron chi connectivity index (χ2n) is 6.56. The third-order valence-corrected chi connectivity index (χ3v) is 4.57. The van der Waals surface area contributed by atoms with Crippen LogP contribution in [0.5, 0.6) is 0 Å². The summed E-state index contributed by atoms with van der Waals surface area (Å²) in [5.74, 6) is 0.318. The molecule has 0 bridgehead atoms. The molecule has 2 amide bonds. The molecule has 0 aromatic carbocycles. The fraction of sp³-hybridized carbons (Fsp3) is 0.867. The van der Waals surface area contributed by atoms with Crippen LogP contribution < -0.4 is 5.73 Å². The van der Waals surface area contributed by atoms with Crippen molar-refractivity contribution in [3.63, 3.8) is 0 Å². The summed E-state index contributed by atoms with van der Waals surface area (Å²) < 4.78 is 0. The maximum absolute atomic E-state index is 12.3. The van der Waals surface area contributed by atoms with E-state index in [1.165, 1.54) is 0 Å². The smallest absolute Gasteiger partial charge is 0.236 e. The molecule has 2 N–H and O–H groups in total. The Kier molecular flexibility index (Phi) is 6.16. The fourth-order valence-corrected chi connectivity index (χ4v) is 2.89. The summed E-state index contributed by atoms with van der Waals surface area (Å²) in [6.45, 7) is 5.77. The molecule has 0 aromatic rings. The standard InChI is InChI=1S/C15H29N5O2/c1-17(2)14(21)11-19-7-9-20(10-8-19)15(22)12-18-5-3-13(16)4-6-18/h13H,3-12,16H2,1-2H3. The molecule has 0 aromatic heterocycles. The molecule has 0 spiro atoms. The van der Waals surface area contributed by atoms with Crippen molar-refractivity contribution in [3.8, 4) is 0 Å². The zero-order valence-corrected chi connectivity index (χ0v) is 13.8. The first-order chi connectivity index (χ1) is 10.5. The first-order valence-electron chi connectivity index (χ1n) is 8.14. The van der Waals surface area contributed by atoms with Gasteiger partial charge < -0.3 is 15.5 Å². The van der Waals surface area contributed by atoms with Crippen LogP contribution in [0.2, 0.25) is 0 Å². The highest BCUT2D eigenvalue weighted by atomic mass is 16.2. The Bertz CT molecular complexity index is 385. The Hall–Kier alpha value is -1.18. The number of rotatable bonds is 4. The average molecular weight is 311 g/mol. The van der Waals surface area contributed by atoms with E-state index in [1.807, 2.05) is 4.90 Å². The van der Waals surface area contributed by atoms with Crippen molar-refractivity contribution in [3.05, 3.63) is 0 Å². The number of piperidine rings is 1. The minimum absolute atomic E-state index is 0.115. The minimum Gasteiger partial charge on any atom is -0.348 e. The summed E-state index contributed by atoms with van der Waals surface area (Å²) >= 11 is 0. The summed E-state index contributed by atoms with van der Waals surface area (Å²) in [5.41, 5.74) is 5.89. The predicted octanol–water partition coefficient (Wildman–Crippen LogP) is -1.36. The minimum atomic E-state index is 0.115. The summed E-state index contributed by atoms with van der Waals surface area (Å²) in [7, 11) is 3.54. The van der Waals surface area contributed by atoms with Crippen molar-refractivity contribution >= 4 is 11.8 Å². The third kappa shape index (κ3) is 4.93. The van der Waals surface area contributed by atoms with E-state index >= 15 is 0 Å². The first-order valence-corrected chi connectivity index (χ1v) is 8.14. The lowest BCUT2D eigenvalue weighted by molar-refractivity contribution is -0.135. The maximum Gasteiger partial charge on any atom is 0.236 e. The van der Waals surface area contributed by atoms with Gasteiger partial charge in [0.15, 0.2) is 0 Å². The highest BCUT2D eigenvalue weighted by Gasteiger charge is 2.25. The van der Waals surface area contributed by atoms with Gasteiger partial charge in [-0.15, -0.1) is 0 Å². The lowest BCUT2D eigenvalue weighted by Gasteiger charge is -2.36. The van der Waals surface area contributed by atoms with Gasteiger partial charge in [-0.25, -0.2) is 0 Å². The summed E-state index contributed by atoms with van der Waals surface area (Å²) in [6.07, 6.45) is 1.96. The molecule has 2 heterocycles. The summed E-state index contributed by atoms with van der Waals surface area (Å²) in [4.78, 5) is 31.9. The molecule has 2 fully saturated rings. The number of piperazine rings is 1.